The molecule has 198 valence electrons. The van der Waals surface area contributed by atoms with Crippen molar-refractivity contribution in [2.24, 2.45) is 0 Å². The van der Waals surface area contributed by atoms with Gasteiger partial charge in [0.25, 0.3) is 5.91 Å². The normalized spacial score (nSPS) is 22.3. The molecule has 10 nitrogen and oxygen atoms in total. The lowest BCUT2D eigenvalue weighted by atomic mass is 10.0. The van der Waals surface area contributed by atoms with E-state index >= 15 is 0 Å². The van der Waals surface area contributed by atoms with Crippen molar-refractivity contribution >= 4 is 17.8 Å². The van der Waals surface area contributed by atoms with Crippen molar-refractivity contribution in [3.05, 3.63) is 42.3 Å². The number of nitrogens with one attached hydrogen (secondary N) is 1. The smallest absolute Gasteiger partial charge is 0.329 e. The number of hydrogen-bond donors (Lipinski definition) is 1. The number of carbonyl (C=O) groups excluding carboxylic acids is 3. The van der Waals surface area contributed by atoms with E-state index in [1.807, 2.05) is 13.8 Å². The lowest BCUT2D eigenvalue weighted by molar-refractivity contribution is -0.165. The molecule has 0 saturated carbocycles. The predicted molar refractivity (Wildman–Crippen MR) is 132 cm³/mol. The summed E-state index contributed by atoms with van der Waals surface area (Å²) in [6.07, 6.45) is 1.21. The fourth-order valence-corrected chi connectivity index (χ4v) is 3.70. The number of esters is 2. The molecule has 1 aromatic heterocycles. The maximum Gasteiger partial charge on any atom is 0.329 e. The zero-order valence-corrected chi connectivity index (χ0v) is 21.6. The molecule has 1 aliphatic heterocycles. The third kappa shape index (κ3) is 8.46. The number of hydrogen-bond acceptors (Lipinski definition) is 9. The number of pyridine rings is 1. The first-order chi connectivity index (χ1) is 17.0. The first kappa shape index (κ1) is 29.0. The second-order valence-electron chi connectivity index (χ2n) is 8.92. The molecule has 0 bridgehead atoms. The van der Waals surface area contributed by atoms with Gasteiger partial charge in [-0.15, -0.1) is 0 Å². The summed E-state index contributed by atoms with van der Waals surface area (Å²) in [5.41, 5.74) is 1.50. The van der Waals surface area contributed by atoms with Crippen LogP contribution in [0.1, 0.15) is 57.4 Å². The highest BCUT2D eigenvalue weighted by atomic mass is 16.6. The van der Waals surface area contributed by atoms with Crippen molar-refractivity contribution in [3.63, 3.8) is 0 Å². The van der Waals surface area contributed by atoms with Crippen molar-refractivity contribution in [3.8, 4) is 11.5 Å². The van der Waals surface area contributed by atoms with Gasteiger partial charge in [-0.3, -0.25) is 9.59 Å². The van der Waals surface area contributed by atoms with E-state index < -0.39 is 36.1 Å². The van der Waals surface area contributed by atoms with E-state index in [-0.39, 0.29) is 23.3 Å². The van der Waals surface area contributed by atoms with Crippen LogP contribution >= 0.6 is 0 Å². The van der Waals surface area contributed by atoms with Gasteiger partial charge in [-0.2, -0.15) is 0 Å². The molecule has 0 aromatic carbocycles. The average molecular weight is 505 g/mol. The molecule has 10 heteroatoms. The number of amides is 1. The Morgan fingerprint density at radius 3 is 2.42 bits per heavy atom. The Morgan fingerprint density at radius 1 is 1.14 bits per heavy atom. The zero-order chi connectivity index (χ0) is 26.8. The number of methoxy groups -OCH3 is 1. The molecule has 0 unspecified atom stereocenters. The van der Waals surface area contributed by atoms with Crippen LogP contribution in [0.4, 0.5) is 0 Å². The van der Waals surface area contributed by atoms with E-state index in [4.69, 9.17) is 23.7 Å². The molecule has 4 atom stereocenters. The van der Waals surface area contributed by atoms with Crippen LogP contribution in [0, 0.1) is 0 Å². The Balaban J connectivity index is 2.25. The molecule has 2 heterocycles. The van der Waals surface area contributed by atoms with Crippen molar-refractivity contribution in [1.82, 2.24) is 10.3 Å². The lowest BCUT2D eigenvalue weighted by Gasteiger charge is -2.31. The fraction of sp³-hybridized carbons (Fsp3) is 0.538. The standard InChI is InChI=1S/C26H36N2O8/c1-15(2)13-33-21-10-8-9-19(26(31)35-17(5)23(21)34-14-16(3)4)28-25(30)22-24(36-18(6)29)20(32-7)11-12-27-22/h11-12,17,19,21,23H,1,3,8-10,13-14H2,2,4-7H3,(H,28,30)/t17-,19-,21-,23-/m0/s1. The highest BCUT2D eigenvalue weighted by molar-refractivity contribution is 5.98. The third-order valence-electron chi connectivity index (χ3n) is 5.32. The largest absolute Gasteiger partial charge is 0.493 e. The molecule has 1 aromatic rings. The number of aromatic nitrogens is 1. The van der Waals surface area contributed by atoms with Gasteiger partial charge in [0.1, 0.15) is 18.2 Å². The van der Waals surface area contributed by atoms with E-state index in [1.165, 1.54) is 26.3 Å². The quantitative estimate of drug-likeness (QED) is 0.378. The third-order valence-corrected chi connectivity index (χ3v) is 5.32. The molecule has 1 N–H and O–H groups in total. The van der Waals surface area contributed by atoms with Gasteiger partial charge in [-0.1, -0.05) is 24.3 Å². The van der Waals surface area contributed by atoms with Crippen LogP contribution in [0.5, 0.6) is 11.5 Å². The van der Waals surface area contributed by atoms with Crippen LogP contribution in [0.3, 0.4) is 0 Å². The summed E-state index contributed by atoms with van der Waals surface area (Å²) in [4.78, 5) is 41.7. The Kier molecular flexibility index (Phi) is 11.1. The van der Waals surface area contributed by atoms with Gasteiger partial charge >= 0.3 is 11.9 Å². The summed E-state index contributed by atoms with van der Waals surface area (Å²) in [6, 6.07) is 0.501. The molecule has 0 aliphatic carbocycles. The molecule has 1 amide bonds. The number of ether oxygens (including phenoxy) is 5. The van der Waals surface area contributed by atoms with E-state index in [0.29, 0.717) is 32.5 Å². The van der Waals surface area contributed by atoms with Gasteiger partial charge in [-0.25, -0.2) is 9.78 Å². The van der Waals surface area contributed by atoms with Gasteiger partial charge < -0.3 is 29.0 Å². The van der Waals surface area contributed by atoms with Gasteiger partial charge in [0, 0.05) is 19.2 Å². The zero-order valence-electron chi connectivity index (χ0n) is 21.6. The second kappa shape index (κ2) is 13.7. The molecule has 36 heavy (non-hydrogen) atoms. The Labute approximate surface area is 212 Å². The summed E-state index contributed by atoms with van der Waals surface area (Å²) < 4.78 is 28.1. The summed E-state index contributed by atoms with van der Waals surface area (Å²) in [5.74, 6) is -1.93. The van der Waals surface area contributed by atoms with Crippen molar-refractivity contribution in [2.45, 2.75) is 71.3 Å². The Hall–Kier alpha value is -3.24. The number of nitrogens with zero attached hydrogens (tertiary/aromatic N) is 1. The van der Waals surface area contributed by atoms with E-state index in [9.17, 15) is 14.4 Å². The van der Waals surface area contributed by atoms with Gasteiger partial charge in [-0.05, 0) is 40.0 Å². The maximum atomic E-state index is 13.1. The van der Waals surface area contributed by atoms with E-state index in [2.05, 4.69) is 23.5 Å². The highest BCUT2D eigenvalue weighted by Crippen LogP contribution is 2.30. The molecule has 0 spiro atoms. The predicted octanol–water partition coefficient (Wildman–Crippen LogP) is 3.15. The van der Waals surface area contributed by atoms with Crippen molar-refractivity contribution in [2.75, 3.05) is 20.3 Å². The molecule has 1 fully saturated rings. The van der Waals surface area contributed by atoms with E-state index in [0.717, 1.165) is 11.1 Å². The average Bonchev–Trinajstić information content (AvgIpc) is 2.85. The van der Waals surface area contributed by atoms with Crippen LogP contribution in [0.15, 0.2) is 36.6 Å². The molecular formula is C26H36N2O8. The van der Waals surface area contributed by atoms with Crippen LogP contribution in [-0.4, -0.2) is 67.5 Å². The number of carbonyl (C=O) groups is 3. The topological polar surface area (TPSA) is 122 Å². The fourth-order valence-electron chi connectivity index (χ4n) is 3.70. The first-order valence-electron chi connectivity index (χ1n) is 11.8. The van der Waals surface area contributed by atoms with Crippen LogP contribution in [0.25, 0.3) is 0 Å². The number of cyclic esters (lactones) is 1. The van der Waals surface area contributed by atoms with Crippen LogP contribution in [-0.2, 0) is 23.8 Å². The molecule has 0 radical (unpaired) electrons. The van der Waals surface area contributed by atoms with Crippen LogP contribution in [0.2, 0.25) is 0 Å². The van der Waals surface area contributed by atoms with Crippen LogP contribution < -0.4 is 14.8 Å². The lowest BCUT2D eigenvalue weighted by Crippen LogP contribution is -2.46. The minimum Gasteiger partial charge on any atom is -0.493 e. The van der Waals surface area contributed by atoms with Gasteiger partial charge in [0.05, 0.1) is 26.4 Å². The highest BCUT2D eigenvalue weighted by Gasteiger charge is 2.36. The monoisotopic (exact) mass is 504 g/mol. The second-order valence-corrected chi connectivity index (χ2v) is 8.92. The maximum absolute atomic E-state index is 13.1. The minimum atomic E-state index is -0.959. The molecule has 1 saturated heterocycles. The summed E-state index contributed by atoms with van der Waals surface area (Å²) >= 11 is 0. The van der Waals surface area contributed by atoms with Gasteiger partial charge in [0.2, 0.25) is 5.75 Å². The SMILES string of the molecule is C=C(C)CO[C@H]1[C@H](C)OC(=O)[C@@H](NC(=O)c2nccc(OC)c2OC(C)=O)CCC[C@@H]1OCC(=C)C. The van der Waals surface area contributed by atoms with Crippen molar-refractivity contribution in [1.29, 1.82) is 0 Å². The molecule has 1 aliphatic rings. The summed E-state index contributed by atoms with van der Waals surface area (Å²) in [6.45, 7) is 15.0. The summed E-state index contributed by atoms with van der Waals surface area (Å²) in [5, 5.41) is 2.66. The molecule has 2 rings (SSSR count). The Morgan fingerprint density at radius 2 is 1.81 bits per heavy atom. The van der Waals surface area contributed by atoms with Crippen molar-refractivity contribution < 1.29 is 38.1 Å². The van der Waals surface area contributed by atoms with Gasteiger partial charge in [0.15, 0.2) is 11.4 Å². The minimum absolute atomic E-state index is 0.128. The first-order valence-corrected chi connectivity index (χ1v) is 11.8. The summed E-state index contributed by atoms with van der Waals surface area (Å²) in [7, 11) is 1.37. The van der Waals surface area contributed by atoms with E-state index in [1.54, 1.807) is 6.92 Å². The number of rotatable bonds is 10. The molecular weight excluding hydrogens is 468 g/mol. The Bertz CT molecular complexity index is 977.